The van der Waals surface area contributed by atoms with Crippen molar-refractivity contribution in [2.45, 2.75) is 25.2 Å². The maximum Gasteiger partial charge on any atom is 0.416 e. The van der Waals surface area contributed by atoms with Gasteiger partial charge in [-0.25, -0.2) is 4.68 Å². The third-order valence-electron chi connectivity index (χ3n) is 3.44. The highest BCUT2D eigenvalue weighted by Gasteiger charge is 2.31. The van der Waals surface area contributed by atoms with E-state index in [4.69, 9.17) is 5.11 Å². The van der Waals surface area contributed by atoms with Crippen LogP contribution in [0.5, 0.6) is 0 Å². The van der Waals surface area contributed by atoms with Gasteiger partial charge in [-0.1, -0.05) is 12.1 Å². The van der Waals surface area contributed by atoms with Crippen LogP contribution in [-0.4, -0.2) is 26.4 Å². The lowest BCUT2D eigenvalue weighted by Gasteiger charge is -2.25. The van der Waals surface area contributed by atoms with E-state index in [-0.39, 0.29) is 18.5 Å². The molecule has 0 aliphatic carbocycles. The third-order valence-corrected chi connectivity index (χ3v) is 3.44. The van der Waals surface area contributed by atoms with Crippen LogP contribution in [0.4, 0.5) is 19.1 Å². The average Bonchev–Trinajstić information content (AvgIpc) is 2.89. The van der Waals surface area contributed by atoms with Gasteiger partial charge in [0, 0.05) is 6.54 Å². The van der Waals surface area contributed by atoms with Gasteiger partial charge in [-0.3, -0.25) is 0 Å². The largest absolute Gasteiger partial charge is 0.416 e. The van der Waals surface area contributed by atoms with Crippen molar-refractivity contribution < 1.29 is 18.3 Å². The van der Waals surface area contributed by atoms with Crippen molar-refractivity contribution in [2.75, 3.05) is 11.9 Å². The summed E-state index contributed by atoms with van der Waals surface area (Å²) in [7, 11) is 0. The zero-order valence-corrected chi connectivity index (χ0v) is 10.9. The molecule has 0 radical (unpaired) electrons. The van der Waals surface area contributed by atoms with Crippen LogP contribution in [0.25, 0.3) is 0 Å². The lowest BCUT2D eigenvalue weighted by Crippen LogP contribution is -2.24. The standard InChI is InChI=1S/C13H13F3N4O/c14-13(15,16)9-3-1-8(2-4-9)10-5-6-17-12-18-11(7-21)19-20(10)12/h1-4,10,21H,5-7H2,(H,17,18,19). The molecule has 0 bridgehead atoms. The van der Waals surface area contributed by atoms with E-state index < -0.39 is 11.7 Å². The highest BCUT2D eigenvalue weighted by Crippen LogP contribution is 2.32. The highest BCUT2D eigenvalue weighted by molar-refractivity contribution is 5.34. The molecule has 1 aromatic heterocycles. The van der Waals surface area contributed by atoms with Gasteiger partial charge in [-0.05, 0) is 24.1 Å². The van der Waals surface area contributed by atoms with Gasteiger partial charge in [0.1, 0.15) is 6.61 Å². The Morgan fingerprint density at radius 1 is 1.29 bits per heavy atom. The number of aliphatic hydroxyl groups excluding tert-OH is 1. The molecule has 0 saturated carbocycles. The van der Waals surface area contributed by atoms with Crippen molar-refractivity contribution in [3.63, 3.8) is 0 Å². The molecular formula is C13H13F3N4O. The van der Waals surface area contributed by atoms with E-state index in [1.54, 1.807) is 4.68 Å². The molecule has 2 N–H and O–H groups in total. The molecular weight excluding hydrogens is 285 g/mol. The minimum Gasteiger partial charge on any atom is -0.388 e. The second-order valence-corrected chi connectivity index (χ2v) is 4.81. The van der Waals surface area contributed by atoms with Gasteiger partial charge in [0.2, 0.25) is 5.95 Å². The molecule has 1 aliphatic rings. The van der Waals surface area contributed by atoms with E-state index in [0.29, 0.717) is 18.9 Å². The first kappa shape index (κ1) is 13.9. The smallest absolute Gasteiger partial charge is 0.388 e. The summed E-state index contributed by atoms with van der Waals surface area (Å²) in [4.78, 5) is 4.11. The number of nitrogens with one attached hydrogen (secondary N) is 1. The number of hydrogen-bond donors (Lipinski definition) is 2. The van der Waals surface area contributed by atoms with Gasteiger partial charge < -0.3 is 10.4 Å². The highest BCUT2D eigenvalue weighted by atomic mass is 19.4. The number of aromatic nitrogens is 3. The monoisotopic (exact) mass is 298 g/mol. The van der Waals surface area contributed by atoms with Gasteiger partial charge >= 0.3 is 6.18 Å². The summed E-state index contributed by atoms with van der Waals surface area (Å²) >= 11 is 0. The summed E-state index contributed by atoms with van der Waals surface area (Å²) in [6, 6.07) is 4.88. The molecule has 1 aromatic carbocycles. The number of anilines is 1. The summed E-state index contributed by atoms with van der Waals surface area (Å²) in [5, 5.41) is 16.3. The van der Waals surface area contributed by atoms with Crippen LogP contribution >= 0.6 is 0 Å². The van der Waals surface area contributed by atoms with Gasteiger partial charge in [-0.2, -0.15) is 23.3 Å². The zero-order valence-electron chi connectivity index (χ0n) is 10.9. The van der Waals surface area contributed by atoms with Crippen molar-refractivity contribution in [3.05, 3.63) is 41.2 Å². The van der Waals surface area contributed by atoms with Crippen molar-refractivity contribution in [1.82, 2.24) is 14.8 Å². The Balaban J connectivity index is 1.93. The predicted octanol–water partition coefficient (Wildman–Crippen LogP) is 2.19. The van der Waals surface area contributed by atoms with E-state index in [9.17, 15) is 13.2 Å². The molecule has 5 nitrogen and oxygen atoms in total. The Hall–Kier alpha value is -2.09. The van der Waals surface area contributed by atoms with Crippen LogP contribution in [0.15, 0.2) is 24.3 Å². The van der Waals surface area contributed by atoms with Gasteiger partial charge in [0.25, 0.3) is 0 Å². The minimum atomic E-state index is -4.34. The van der Waals surface area contributed by atoms with Crippen molar-refractivity contribution in [1.29, 1.82) is 0 Å². The molecule has 112 valence electrons. The molecule has 0 saturated heterocycles. The van der Waals surface area contributed by atoms with Crippen LogP contribution in [0, 0.1) is 0 Å². The minimum absolute atomic E-state index is 0.184. The molecule has 1 aliphatic heterocycles. The molecule has 21 heavy (non-hydrogen) atoms. The molecule has 0 spiro atoms. The topological polar surface area (TPSA) is 63.0 Å². The number of rotatable bonds is 2. The zero-order chi connectivity index (χ0) is 15.0. The number of fused-ring (bicyclic) bond motifs is 1. The Morgan fingerprint density at radius 2 is 2.00 bits per heavy atom. The first-order chi connectivity index (χ1) is 9.99. The van der Waals surface area contributed by atoms with Crippen molar-refractivity contribution in [2.24, 2.45) is 0 Å². The fraction of sp³-hybridized carbons (Fsp3) is 0.385. The number of alkyl halides is 3. The Labute approximate surface area is 118 Å². The summed E-state index contributed by atoms with van der Waals surface area (Å²) < 4.78 is 39.4. The van der Waals surface area contributed by atoms with Gasteiger partial charge in [-0.15, -0.1) is 0 Å². The Kier molecular flexibility index (Phi) is 3.32. The van der Waals surface area contributed by atoms with Crippen LogP contribution in [0.3, 0.4) is 0 Å². The Morgan fingerprint density at radius 3 is 2.62 bits per heavy atom. The number of hydrogen-bond acceptors (Lipinski definition) is 4. The Bertz CT molecular complexity index is 636. The van der Waals surface area contributed by atoms with Crippen molar-refractivity contribution in [3.8, 4) is 0 Å². The van der Waals surface area contributed by atoms with E-state index in [2.05, 4.69) is 15.4 Å². The number of nitrogens with zero attached hydrogens (tertiary/aromatic N) is 3. The molecule has 3 rings (SSSR count). The van der Waals surface area contributed by atoms with Gasteiger partial charge in [0.05, 0.1) is 11.6 Å². The average molecular weight is 298 g/mol. The second kappa shape index (κ2) is 5.03. The number of aliphatic hydroxyl groups is 1. The molecule has 0 amide bonds. The summed E-state index contributed by atoms with van der Waals surface area (Å²) in [6.07, 6.45) is -3.65. The molecule has 2 heterocycles. The molecule has 2 aromatic rings. The normalized spacial score (nSPS) is 18.2. The third kappa shape index (κ3) is 2.58. The first-order valence-corrected chi connectivity index (χ1v) is 6.46. The second-order valence-electron chi connectivity index (χ2n) is 4.81. The molecule has 1 atom stereocenters. The predicted molar refractivity (Wildman–Crippen MR) is 68.6 cm³/mol. The molecule has 1 unspecified atom stereocenters. The van der Waals surface area contributed by atoms with Crippen molar-refractivity contribution >= 4 is 5.95 Å². The van der Waals surface area contributed by atoms with Crippen LogP contribution < -0.4 is 5.32 Å². The van der Waals surface area contributed by atoms with E-state index in [1.165, 1.54) is 12.1 Å². The lowest BCUT2D eigenvalue weighted by molar-refractivity contribution is -0.137. The van der Waals surface area contributed by atoms with Gasteiger partial charge in [0.15, 0.2) is 5.82 Å². The molecule has 8 heteroatoms. The van der Waals surface area contributed by atoms with E-state index >= 15 is 0 Å². The maximum atomic E-state index is 12.6. The molecule has 0 fully saturated rings. The van der Waals surface area contributed by atoms with E-state index in [0.717, 1.165) is 17.7 Å². The number of halogens is 3. The maximum absolute atomic E-state index is 12.6. The summed E-state index contributed by atoms with van der Waals surface area (Å²) in [5.74, 6) is 0.812. The summed E-state index contributed by atoms with van der Waals surface area (Å²) in [5.41, 5.74) is 0.0650. The fourth-order valence-corrected chi connectivity index (χ4v) is 2.42. The quantitative estimate of drug-likeness (QED) is 0.892. The van der Waals surface area contributed by atoms with Crippen LogP contribution in [0.2, 0.25) is 0 Å². The number of benzene rings is 1. The SMILES string of the molecule is OCc1nc2n(n1)C(c1ccc(C(F)(F)F)cc1)CCN2. The van der Waals surface area contributed by atoms with Crippen LogP contribution in [0.1, 0.15) is 29.4 Å². The fourth-order valence-electron chi connectivity index (χ4n) is 2.42. The lowest BCUT2D eigenvalue weighted by atomic mass is 10.0. The first-order valence-electron chi connectivity index (χ1n) is 6.46. The van der Waals surface area contributed by atoms with E-state index in [1.807, 2.05) is 0 Å². The van der Waals surface area contributed by atoms with Crippen LogP contribution in [-0.2, 0) is 12.8 Å². The summed E-state index contributed by atoms with van der Waals surface area (Å²) in [6.45, 7) is 0.372.